The third kappa shape index (κ3) is 2.73. The number of nitrogens with one attached hydrogen (secondary N) is 1. The lowest BCUT2D eigenvalue weighted by Gasteiger charge is -2.30. The van der Waals surface area contributed by atoms with Gasteiger partial charge in [-0.25, -0.2) is 14.4 Å². The Morgan fingerprint density at radius 1 is 1.33 bits per heavy atom. The van der Waals surface area contributed by atoms with Crippen molar-refractivity contribution in [3.63, 3.8) is 0 Å². The Labute approximate surface area is 141 Å². The number of primary amides is 1. The van der Waals surface area contributed by atoms with Gasteiger partial charge in [0.15, 0.2) is 5.13 Å². The first-order valence-electron chi connectivity index (χ1n) is 7.75. The molecular formula is C16H16FN5OS. The summed E-state index contributed by atoms with van der Waals surface area (Å²) in [5, 5.41) is 2.52. The summed E-state index contributed by atoms with van der Waals surface area (Å²) >= 11 is 1.44. The van der Waals surface area contributed by atoms with Crippen LogP contribution >= 0.6 is 11.3 Å². The summed E-state index contributed by atoms with van der Waals surface area (Å²) in [6.45, 7) is 1.67. The second-order valence-electron chi connectivity index (χ2n) is 5.92. The lowest BCUT2D eigenvalue weighted by Crippen LogP contribution is -2.33. The zero-order chi connectivity index (χ0) is 16.7. The second kappa shape index (κ2) is 5.86. The topological polar surface area (TPSA) is 87.9 Å². The van der Waals surface area contributed by atoms with E-state index in [0.717, 1.165) is 47.9 Å². The molecule has 1 aromatic carbocycles. The number of benzene rings is 1. The van der Waals surface area contributed by atoms with Gasteiger partial charge in [0.25, 0.3) is 5.91 Å². The van der Waals surface area contributed by atoms with Crippen molar-refractivity contribution in [1.82, 2.24) is 15.0 Å². The number of anilines is 1. The van der Waals surface area contributed by atoms with E-state index in [4.69, 9.17) is 5.73 Å². The van der Waals surface area contributed by atoms with Gasteiger partial charge in [0.05, 0.1) is 11.0 Å². The fourth-order valence-corrected chi connectivity index (χ4v) is 3.93. The van der Waals surface area contributed by atoms with Gasteiger partial charge in [-0.1, -0.05) is 0 Å². The minimum atomic E-state index is -0.498. The second-order valence-corrected chi connectivity index (χ2v) is 6.76. The van der Waals surface area contributed by atoms with Crippen LogP contribution in [0.2, 0.25) is 0 Å². The fraction of sp³-hybridized carbons (Fsp3) is 0.312. The number of nitrogens with two attached hydrogens (primary N) is 1. The van der Waals surface area contributed by atoms with E-state index < -0.39 is 5.91 Å². The van der Waals surface area contributed by atoms with E-state index in [1.54, 1.807) is 11.4 Å². The summed E-state index contributed by atoms with van der Waals surface area (Å²) in [6.07, 6.45) is 1.85. The van der Waals surface area contributed by atoms with Crippen molar-refractivity contribution in [3.8, 4) is 0 Å². The number of hydrogen-bond acceptors (Lipinski definition) is 5. The third-order valence-corrected chi connectivity index (χ3v) is 5.26. The molecule has 4 rings (SSSR count). The molecule has 3 N–H and O–H groups in total. The van der Waals surface area contributed by atoms with E-state index in [1.807, 2.05) is 0 Å². The van der Waals surface area contributed by atoms with Gasteiger partial charge in [-0.15, -0.1) is 11.3 Å². The maximum absolute atomic E-state index is 13.3. The molecule has 0 saturated carbocycles. The minimum Gasteiger partial charge on any atom is -0.364 e. The Morgan fingerprint density at radius 2 is 2.12 bits per heavy atom. The van der Waals surface area contributed by atoms with Gasteiger partial charge < -0.3 is 15.6 Å². The number of fused-ring (bicyclic) bond motifs is 1. The van der Waals surface area contributed by atoms with Crippen LogP contribution in [-0.2, 0) is 0 Å². The van der Waals surface area contributed by atoms with Gasteiger partial charge in [0.2, 0.25) is 0 Å². The SMILES string of the molecule is NC(=O)c1csc(N2CCC(c3nc4ccc(F)cc4[nH]3)CC2)n1. The smallest absolute Gasteiger partial charge is 0.268 e. The first kappa shape index (κ1) is 15.1. The number of rotatable bonds is 3. The Balaban J connectivity index is 1.47. The van der Waals surface area contributed by atoms with Crippen LogP contribution in [0.4, 0.5) is 9.52 Å². The first-order chi connectivity index (χ1) is 11.6. The Kier molecular flexibility index (Phi) is 3.68. The summed E-state index contributed by atoms with van der Waals surface area (Å²) in [7, 11) is 0. The molecule has 6 nitrogen and oxygen atoms in total. The summed E-state index contributed by atoms with van der Waals surface area (Å²) in [6, 6.07) is 4.59. The molecule has 0 bridgehead atoms. The first-order valence-corrected chi connectivity index (χ1v) is 8.63. The number of carbonyl (C=O) groups excluding carboxylic acids is 1. The number of thiazole rings is 1. The molecule has 8 heteroatoms. The highest BCUT2D eigenvalue weighted by atomic mass is 32.1. The largest absolute Gasteiger partial charge is 0.364 e. The molecule has 1 amide bonds. The lowest BCUT2D eigenvalue weighted by molar-refractivity contribution is 0.0996. The summed E-state index contributed by atoms with van der Waals surface area (Å²) in [4.78, 5) is 25.4. The highest BCUT2D eigenvalue weighted by molar-refractivity contribution is 7.13. The molecule has 24 heavy (non-hydrogen) atoms. The number of amides is 1. The molecule has 124 valence electrons. The van der Waals surface area contributed by atoms with Crippen molar-refractivity contribution >= 4 is 33.4 Å². The molecule has 0 aliphatic carbocycles. The van der Waals surface area contributed by atoms with Crippen LogP contribution < -0.4 is 10.6 Å². The third-order valence-electron chi connectivity index (χ3n) is 4.36. The average Bonchev–Trinajstić information content (AvgIpc) is 3.21. The minimum absolute atomic E-state index is 0.262. The highest BCUT2D eigenvalue weighted by Crippen LogP contribution is 2.31. The number of hydrogen-bond donors (Lipinski definition) is 2. The molecule has 1 aliphatic heterocycles. The van der Waals surface area contributed by atoms with Crippen LogP contribution in [0.25, 0.3) is 11.0 Å². The zero-order valence-electron chi connectivity index (χ0n) is 12.8. The van der Waals surface area contributed by atoms with Gasteiger partial charge in [-0.3, -0.25) is 4.79 Å². The number of halogens is 1. The van der Waals surface area contributed by atoms with Crippen LogP contribution in [0, 0.1) is 5.82 Å². The van der Waals surface area contributed by atoms with Crippen molar-refractivity contribution in [2.45, 2.75) is 18.8 Å². The Hall–Kier alpha value is -2.48. The molecular weight excluding hydrogens is 329 g/mol. The van der Waals surface area contributed by atoms with Crippen molar-refractivity contribution in [3.05, 3.63) is 40.9 Å². The Bertz CT molecular complexity index is 897. The van der Waals surface area contributed by atoms with E-state index >= 15 is 0 Å². The normalized spacial score (nSPS) is 16.0. The van der Waals surface area contributed by atoms with Gasteiger partial charge >= 0.3 is 0 Å². The summed E-state index contributed by atoms with van der Waals surface area (Å²) in [5.41, 5.74) is 7.09. The zero-order valence-corrected chi connectivity index (χ0v) is 13.6. The van der Waals surface area contributed by atoms with Gasteiger partial charge in [-0.05, 0) is 31.0 Å². The van der Waals surface area contributed by atoms with Crippen LogP contribution in [-0.4, -0.2) is 33.9 Å². The number of aromatic amines is 1. The predicted octanol–water partition coefficient (Wildman–Crippen LogP) is 2.64. The van der Waals surface area contributed by atoms with E-state index in [1.165, 1.54) is 23.5 Å². The molecule has 0 atom stereocenters. The number of aromatic nitrogens is 3. The van der Waals surface area contributed by atoms with Crippen LogP contribution in [0.5, 0.6) is 0 Å². The fourth-order valence-electron chi connectivity index (χ4n) is 3.06. The van der Waals surface area contributed by atoms with E-state index in [-0.39, 0.29) is 5.82 Å². The van der Waals surface area contributed by atoms with Gasteiger partial charge in [0, 0.05) is 24.4 Å². The quantitative estimate of drug-likeness (QED) is 0.764. The summed E-state index contributed by atoms with van der Waals surface area (Å²) < 4.78 is 13.3. The molecule has 0 spiro atoms. The number of carbonyl (C=O) groups is 1. The monoisotopic (exact) mass is 345 g/mol. The molecule has 1 saturated heterocycles. The molecule has 0 unspecified atom stereocenters. The summed E-state index contributed by atoms with van der Waals surface area (Å²) in [5.74, 6) is 0.461. The van der Waals surface area contributed by atoms with E-state index in [9.17, 15) is 9.18 Å². The number of piperidine rings is 1. The van der Waals surface area contributed by atoms with E-state index in [2.05, 4.69) is 19.9 Å². The van der Waals surface area contributed by atoms with Gasteiger partial charge in [0.1, 0.15) is 17.3 Å². The van der Waals surface area contributed by atoms with Crippen molar-refractivity contribution < 1.29 is 9.18 Å². The molecule has 3 aromatic rings. The van der Waals surface area contributed by atoms with E-state index in [0.29, 0.717) is 11.6 Å². The highest BCUT2D eigenvalue weighted by Gasteiger charge is 2.25. The van der Waals surface area contributed by atoms with Crippen molar-refractivity contribution in [2.75, 3.05) is 18.0 Å². The molecule has 1 aliphatic rings. The van der Waals surface area contributed by atoms with Crippen LogP contribution in [0.1, 0.15) is 35.1 Å². The lowest BCUT2D eigenvalue weighted by atomic mass is 9.96. The predicted molar refractivity (Wildman–Crippen MR) is 90.9 cm³/mol. The van der Waals surface area contributed by atoms with Gasteiger partial charge in [-0.2, -0.15) is 0 Å². The number of imidazole rings is 1. The molecule has 3 heterocycles. The maximum Gasteiger partial charge on any atom is 0.268 e. The van der Waals surface area contributed by atoms with Crippen LogP contribution in [0.15, 0.2) is 23.6 Å². The molecule has 2 aromatic heterocycles. The number of nitrogens with zero attached hydrogens (tertiary/aromatic N) is 3. The maximum atomic E-state index is 13.3. The Morgan fingerprint density at radius 3 is 2.83 bits per heavy atom. The average molecular weight is 345 g/mol. The molecule has 1 fully saturated rings. The van der Waals surface area contributed by atoms with Crippen molar-refractivity contribution in [1.29, 1.82) is 0 Å². The van der Waals surface area contributed by atoms with Crippen LogP contribution in [0.3, 0.4) is 0 Å². The standard InChI is InChI=1S/C16H16FN5OS/c17-10-1-2-11-12(7-10)20-15(19-11)9-3-5-22(6-4-9)16-21-13(8-24-16)14(18)23/h1-2,7-9H,3-6H2,(H2,18,23)(H,19,20). The van der Waals surface area contributed by atoms with Crippen molar-refractivity contribution in [2.24, 2.45) is 5.73 Å². The number of H-pyrrole nitrogens is 1. The molecule has 0 radical (unpaired) electrons.